The zero-order valence-corrected chi connectivity index (χ0v) is 8.90. The highest BCUT2D eigenvalue weighted by atomic mass is 16.5. The molecular weight excluding hydrogens is 190 g/mol. The van der Waals surface area contributed by atoms with Crippen molar-refractivity contribution in [2.24, 2.45) is 4.99 Å². The van der Waals surface area contributed by atoms with Gasteiger partial charge in [-0.05, 0) is 12.2 Å². The van der Waals surface area contributed by atoms with E-state index in [9.17, 15) is 4.79 Å². The predicted molar refractivity (Wildman–Crippen MR) is 60.5 cm³/mol. The SMILES string of the molecule is C=C/C=C1\C/C(=C\CC=O)OC(CC)=N1. The highest BCUT2D eigenvalue weighted by Crippen LogP contribution is 2.21. The maximum absolute atomic E-state index is 10.2. The molecular formula is C12H15NO2. The molecule has 0 atom stereocenters. The van der Waals surface area contributed by atoms with Gasteiger partial charge in [0.15, 0.2) is 5.90 Å². The van der Waals surface area contributed by atoms with Gasteiger partial charge in [0.25, 0.3) is 0 Å². The van der Waals surface area contributed by atoms with Crippen molar-refractivity contribution >= 4 is 12.2 Å². The third kappa shape index (κ3) is 3.54. The minimum absolute atomic E-state index is 0.383. The molecule has 0 N–H and O–H groups in total. The lowest BCUT2D eigenvalue weighted by Crippen LogP contribution is -2.10. The van der Waals surface area contributed by atoms with Gasteiger partial charge in [-0.3, -0.25) is 0 Å². The Hall–Kier alpha value is -1.64. The van der Waals surface area contributed by atoms with Crippen LogP contribution in [0.2, 0.25) is 0 Å². The topological polar surface area (TPSA) is 38.7 Å². The quantitative estimate of drug-likeness (QED) is 0.662. The summed E-state index contributed by atoms with van der Waals surface area (Å²) in [5, 5.41) is 0. The molecule has 1 heterocycles. The normalized spacial score (nSPS) is 21.0. The van der Waals surface area contributed by atoms with Crippen molar-refractivity contribution in [2.45, 2.75) is 26.2 Å². The Labute approximate surface area is 89.8 Å². The van der Waals surface area contributed by atoms with E-state index in [1.807, 2.05) is 13.0 Å². The first kappa shape index (κ1) is 11.4. The fraction of sp³-hybridized carbons (Fsp3) is 0.333. The fourth-order valence-electron chi connectivity index (χ4n) is 1.27. The van der Waals surface area contributed by atoms with E-state index < -0.39 is 0 Å². The average Bonchev–Trinajstić information content (AvgIpc) is 2.26. The van der Waals surface area contributed by atoms with Crippen molar-refractivity contribution in [3.8, 4) is 0 Å². The predicted octanol–water partition coefficient (Wildman–Crippen LogP) is 2.76. The molecule has 0 radical (unpaired) electrons. The molecule has 0 aromatic carbocycles. The van der Waals surface area contributed by atoms with Crippen LogP contribution < -0.4 is 0 Å². The number of aldehydes is 1. The Morgan fingerprint density at radius 1 is 1.60 bits per heavy atom. The summed E-state index contributed by atoms with van der Waals surface area (Å²) in [6, 6.07) is 0. The molecule has 0 fully saturated rings. The first-order valence-corrected chi connectivity index (χ1v) is 4.99. The minimum Gasteiger partial charge on any atom is -0.447 e. The van der Waals surface area contributed by atoms with Crippen molar-refractivity contribution in [3.63, 3.8) is 0 Å². The molecule has 0 spiro atoms. The van der Waals surface area contributed by atoms with Crippen LogP contribution in [-0.4, -0.2) is 12.2 Å². The summed E-state index contributed by atoms with van der Waals surface area (Å²) in [7, 11) is 0. The number of hydrogen-bond donors (Lipinski definition) is 0. The maximum Gasteiger partial charge on any atom is 0.194 e. The van der Waals surface area contributed by atoms with E-state index in [-0.39, 0.29) is 0 Å². The van der Waals surface area contributed by atoms with E-state index in [2.05, 4.69) is 11.6 Å². The summed E-state index contributed by atoms with van der Waals surface area (Å²) in [4.78, 5) is 14.5. The van der Waals surface area contributed by atoms with Crippen LogP contribution in [-0.2, 0) is 9.53 Å². The molecule has 0 aromatic heterocycles. The van der Waals surface area contributed by atoms with Crippen LogP contribution in [0.3, 0.4) is 0 Å². The van der Waals surface area contributed by atoms with Gasteiger partial charge < -0.3 is 9.53 Å². The number of ether oxygens (including phenoxy) is 1. The van der Waals surface area contributed by atoms with Crippen molar-refractivity contribution < 1.29 is 9.53 Å². The van der Waals surface area contributed by atoms with Gasteiger partial charge in [0, 0.05) is 19.3 Å². The summed E-state index contributed by atoms with van der Waals surface area (Å²) in [5.41, 5.74) is 0.922. The Balaban J connectivity index is 2.84. The molecule has 3 heteroatoms. The van der Waals surface area contributed by atoms with E-state index in [0.29, 0.717) is 18.7 Å². The van der Waals surface area contributed by atoms with Gasteiger partial charge in [-0.15, -0.1) is 0 Å². The molecule has 80 valence electrons. The molecule has 0 unspecified atom stereocenters. The first-order chi connectivity index (χ1) is 7.30. The summed E-state index contributed by atoms with van der Waals surface area (Å²) in [5.74, 6) is 1.48. The number of carbonyl (C=O) groups is 1. The van der Waals surface area contributed by atoms with Gasteiger partial charge in [-0.1, -0.05) is 19.6 Å². The summed E-state index contributed by atoms with van der Waals surface area (Å²) in [6.07, 6.45) is 7.95. The van der Waals surface area contributed by atoms with Gasteiger partial charge in [0.05, 0.1) is 5.70 Å². The maximum atomic E-state index is 10.2. The second kappa shape index (κ2) is 5.96. The standard InChI is InChI=1S/C12H15NO2/c1-3-6-10-9-11(7-5-8-14)15-12(4-2)13-10/h3,6-8H,1,4-5,9H2,2H3/b10-6+,11-7+. The van der Waals surface area contributed by atoms with Crippen molar-refractivity contribution in [1.29, 1.82) is 0 Å². The molecule has 0 bridgehead atoms. The molecule has 1 rings (SSSR count). The highest BCUT2D eigenvalue weighted by Gasteiger charge is 2.12. The molecule has 0 saturated heterocycles. The Morgan fingerprint density at radius 3 is 3.00 bits per heavy atom. The van der Waals surface area contributed by atoms with E-state index in [0.717, 1.165) is 24.2 Å². The molecule has 0 saturated carbocycles. The number of carbonyl (C=O) groups excluding carboxylic acids is 1. The second-order valence-corrected chi connectivity index (χ2v) is 3.10. The number of rotatable bonds is 4. The lowest BCUT2D eigenvalue weighted by atomic mass is 10.2. The number of allylic oxidation sites excluding steroid dienone is 3. The number of nitrogens with zero attached hydrogens (tertiary/aromatic N) is 1. The van der Waals surface area contributed by atoms with Gasteiger partial charge in [0.1, 0.15) is 12.0 Å². The largest absolute Gasteiger partial charge is 0.447 e. The van der Waals surface area contributed by atoms with E-state index >= 15 is 0 Å². The molecule has 0 aliphatic carbocycles. The van der Waals surface area contributed by atoms with Crippen LogP contribution in [0.25, 0.3) is 0 Å². The van der Waals surface area contributed by atoms with Crippen molar-refractivity contribution in [2.75, 3.05) is 0 Å². The van der Waals surface area contributed by atoms with Gasteiger partial charge in [0.2, 0.25) is 0 Å². The van der Waals surface area contributed by atoms with Gasteiger partial charge >= 0.3 is 0 Å². The molecule has 0 aromatic rings. The molecule has 3 nitrogen and oxygen atoms in total. The lowest BCUT2D eigenvalue weighted by molar-refractivity contribution is -0.107. The summed E-state index contributed by atoms with van der Waals surface area (Å²) >= 11 is 0. The van der Waals surface area contributed by atoms with Crippen molar-refractivity contribution in [1.82, 2.24) is 0 Å². The highest BCUT2D eigenvalue weighted by molar-refractivity contribution is 5.79. The van der Waals surface area contributed by atoms with Crippen LogP contribution >= 0.6 is 0 Å². The van der Waals surface area contributed by atoms with Crippen LogP contribution in [0, 0.1) is 0 Å². The first-order valence-electron chi connectivity index (χ1n) is 4.99. The van der Waals surface area contributed by atoms with Crippen LogP contribution in [0.4, 0.5) is 0 Å². The Bertz CT molecular complexity index is 338. The fourth-order valence-corrected chi connectivity index (χ4v) is 1.27. The molecule has 1 aliphatic rings. The Morgan fingerprint density at radius 2 is 2.40 bits per heavy atom. The van der Waals surface area contributed by atoms with Crippen LogP contribution in [0.15, 0.2) is 41.3 Å². The van der Waals surface area contributed by atoms with Gasteiger partial charge in [-0.25, -0.2) is 4.99 Å². The van der Waals surface area contributed by atoms with Crippen LogP contribution in [0.5, 0.6) is 0 Å². The zero-order chi connectivity index (χ0) is 11.1. The monoisotopic (exact) mass is 205 g/mol. The van der Waals surface area contributed by atoms with E-state index in [1.165, 1.54) is 0 Å². The average molecular weight is 205 g/mol. The summed E-state index contributed by atoms with van der Waals surface area (Å²) in [6.45, 7) is 5.61. The van der Waals surface area contributed by atoms with E-state index in [1.54, 1.807) is 12.2 Å². The molecule has 1 aliphatic heterocycles. The smallest absolute Gasteiger partial charge is 0.194 e. The lowest BCUT2D eigenvalue weighted by Gasteiger charge is -2.17. The molecule has 15 heavy (non-hydrogen) atoms. The molecule has 0 amide bonds. The zero-order valence-electron chi connectivity index (χ0n) is 8.90. The van der Waals surface area contributed by atoms with Crippen LogP contribution in [0.1, 0.15) is 26.2 Å². The van der Waals surface area contributed by atoms with Gasteiger partial charge in [-0.2, -0.15) is 0 Å². The minimum atomic E-state index is 0.383. The Kier molecular flexibility index (Phi) is 4.54. The third-order valence-electron chi connectivity index (χ3n) is 1.93. The summed E-state index contributed by atoms with van der Waals surface area (Å²) < 4.78 is 5.49. The van der Waals surface area contributed by atoms with Crippen molar-refractivity contribution in [3.05, 3.63) is 36.3 Å². The second-order valence-electron chi connectivity index (χ2n) is 3.10. The number of hydrogen-bond acceptors (Lipinski definition) is 3. The third-order valence-corrected chi connectivity index (χ3v) is 1.93. The van der Waals surface area contributed by atoms with E-state index in [4.69, 9.17) is 4.74 Å². The number of aliphatic imine (C=N–C) groups is 1.